The molecule has 3 heteroatoms. The highest BCUT2D eigenvalue weighted by Crippen LogP contribution is 2.12. The van der Waals surface area contributed by atoms with Gasteiger partial charge >= 0.3 is 0 Å². The minimum Gasteiger partial charge on any atom is -0.360 e. The molecule has 1 heterocycles. The molecule has 0 aromatic carbocycles. The molecule has 0 radical (unpaired) electrons. The van der Waals surface area contributed by atoms with Crippen LogP contribution >= 0.6 is 0 Å². The van der Waals surface area contributed by atoms with E-state index in [1.54, 1.807) is 0 Å². The Morgan fingerprint density at radius 2 is 2.12 bits per heavy atom. The molecule has 1 unspecified atom stereocenters. The Hall–Kier alpha value is -1.09. The van der Waals surface area contributed by atoms with Crippen molar-refractivity contribution in [2.24, 2.45) is 11.7 Å². The number of rotatable bonds is 5. The van der Waals surface area contributed by atoms with Crippen molar-refractivity contribution < 1.29 is 0 Å². The van der Waals surface area contributed by atoms with E-state index < -0.39 is 0 Å². The predicted molar refractivity (Wildman–Crippen MR) is 69.7 cm³/mol. The first-order chi connectivity index (χ1) is 7.50. The van der Waals surface area contributed by atoms with Gasteiger partial charge < -0.3 is 10.6 Å². The van der Waals surface area contributed by atoms with Gasteiger partial charge in [0.2, 0.25) is 0 Å². The molecule has 0 bridgehead atoms. The van der Waals surface area contributed by atoms with Gasteiger partial charge in [-0.2, -0.15) is 0 Å². The van der Waals surface area contributed by atoms with Crippen LogP contribution in [0.3, 0.4) is 0 Å². The van der Waals surface area contributed by atoms with E-state index >= 15 is 0 Å². The quantitative estimate of drug-likeness (QED) is 0.829. The first kappa shape index (κ1) is 13.0. The lowest BCUT2D eigenvalue weighted by molar-refractivity contribution is 0.465. The van der Waals surface area contributed by atoms with Gasteiger partial charge in [-0.3, -0.25) is 0 Å². The third-order valence-electron chi connectivity index (χ3n) is 2.95. The van der Waals surface area contributed by atoms with Crippen molar-refractivity contribution >= 4 is 5.82 Å². The lowest BCUT2D eigenvalue weighted by Gasteiger charge is -2.22. The van der Waals surface area contributed by atoms with Crippen molar-refractivity contribution in [1.82, 2.24) is 4.98 Å². The van der Waals surface area contributed by atoms with E-state index in [2.05, 4.69) is 43.8 Å². The summed E-state index contributed by atoms with van der Waals surface area (Å²) < 4.78 is 0. The minimum atomic E-state index is 0.271. The molecule has 0 saturated heterocycles. The van der Waals surface area contributed by atoms with Crippen LogP contribution in [0.25, 0.3) is 0 Å². The summed E-state index contributed by atoms with van der Waals surface area (Å²) in [5.74, 6) is 1.56. The van der Waals surface area contributed by atoms with Crippen LogP contribution in [-0.2, 0) is 0 Å². The molecule has 0 aliphatic heterocycles. The summed E-state index contributed by atoms with van der Waals surface area (Å²) in [5.41, 5.74) is 7.27. The van der Waals surface area contributed by atoms with Crippen LogP contribution in [0.2, 0.25) is 0 Å². The number of aromatic nitrogens is 1. The van der Waals surface area contributed by atoms with Crippen LogP contribution in [0.15, 0.2) is 18.3 Å². The Balaban J connectivity index is 2.49. The highest BCUT2D eigenvalue weighted by atomic mass is 15.2. The zero-order valence-corrected chi connectivity index (χ0v) is 10.8. The highest BCUT2D eigenvalue weighted by molar-refractivity contribution is 5.39. The molecule has 0 aliphatic rings. The molecule has 0 fully saturated rings. The maximum Gasteiger partial charge on any atom is 0.128 e. The van der Waals surface area contributed by atoms with E-state index in [1.807, 2.05) is 12.3 Å². The number of hydrogen-bond donors (Lipinski definition) is 1. The number of pyridine rings is 1. The average molecular weight is 221 g/mol. The molecule has 1 rings (SSSR count). The second-order valence-electron chi connectivity index (χ2n) is 4.81. The molecule has 0 aliphatic carbocycles. The Bertz CT molecular complexity index is 323. The summed E-state index contributed by atoms with van der Waals surface area (Å²) in [7, 11) is 2.06. The lowest BCUT2D eigenvalue weighted by Crippen LogP contribution is -2.32. The molecule has 3 nitrogen and oxygen atoms in total. The molecule has 0 saturated carbocycles. The summed E-state index contributed by atoms with van der Waals surface area (Å²) in [6, 6.07) is 4.38. The molecule has 0 amide bonds. The van der Waals surface area contributed by atoms with Crippen LogP contribution in [-0.4, -0.2) is 24.6 Å². The first-order valence-electron chi connectivity index (χ1n) is 5.90. The van der Waals surface area contributed by atoms with Crippen LogP contribution < -0.4 is 10.6 Å². The molecular formula is C13H23N3. The number of aryl methyl sites for hydroxylation is 1. The number of nitrogens with zero attached hydrogens (tertiary/aromatic N) is 2. The summed E-state index contributed by atoms with van der Waals surface area (Å²) in [6.45, 7) is 7.36. The second kappa shape index (κ2) is 5.85. The fourth-order valence-corrected chi connectivity index (χ4v) is 1.52. The van der Waals surface area contributed by atoms with Gasteiger partial charge in [0.15, 0.2) is 0 Å². The third-order valence-corrected chi connectivity index (χ3v) is 2.95. The smallest absolute Gasteiger partial charge is 0.128 e. The van der Waals surface area contributed by atoms with Crippen molar-refractivity contribution in [2.75, 3.05) is 18.5 Å². The number of hydrogen-bond acceptors (Lipinski definition) is 3. The standard InChI is InChI=1S/C13H23N3/c1-10(2)12(14)6-8-16(4)13-9-11(3)5-7-15-13/h5,7,9-10,12H,6,8,14H2,1-4H3. The molecule has 1 aromatic rings. The van der Waals surface area contributed by atoms with Crippen molar-refractivity contribution in [3.05, 3.63) is 23.9 Å². The summed E-state index contributed by atoms with van der Waals surface area (Å²) >= 11 is 0. The molecule has 1 atom stereocenters. The van der Waals surface area contributed by atoms with Gasteiger partial charge in [-0.05, 0) is 37.0 Å². The molecule has 1 aromatic heterocycles. The van der Waals surface area contributed by atoms with E-state index in [0.29, 0.717) is 5.92 Å². The van der Waals surface area contributed by atoms with Crippen LogP contribution in [0.1, 0.15) is 25.8 Å². The Morgan fingerprint density at radius 3 is 2.69 bits per heavy atom. The normalized spacial score (nSPS) is 12.9. The summed E-state index contributed by atoms with van der Waals surface area (Å²) in [6.07, 6.45) is 2.85. The van der Waals surface area contributed by atoms with Gasteiger partial charge in [0.25, 0.3) is 0 Å². The topological polar surface area (TPSA) is 42.2 Å². The molecule has 90 valence electrons. The third kappa shape index (κ3) is 3.81. The molecular weight excluding hydrogens is 198 g/mol. The van der Waals surface area contributed by atoms with Crippen molar-refractivity contribution in [3.63, 3.8) is 0 Å². The summed E-state index contributed by atoms with van der Waals surface area (Å²) in [5, 5.41) is 0. The first-order valence-corrected chi connectivity index (χ1v) is 5.90. The maximum atomic E-state index is 6.03. The van der Waals surface area contributed by atoms with Gasteiger partial charge in [0.05, 0.1) is 0 Å². The van der Waals surface area contributed by atoms with Crippen LogP contribution in [0.5, 0.6) is 0 Å². The van der Waals surface area contributed by atoms with E-state index in [1.165, 1.54) is 5.56 Å². The van der Waals surface area contributed by atoms with E-state index in [-0.39, 0.29) is 6.04 Å². The van der Waals surface area contributed by atoms with E-state index in [9.17, 15) is 0 Å². The van der Waals surface area contributed by atoms with Gasteiger partial charge in [-0.1, -0.05) is 13.8 Å². The van der Waals surface area contributed by atoms with Gasteiger partial charge in [0.1, 0.15) is 5.82 Å². The van der Waals surface area contributed by atoms with Crippen molar-refractivity contribution in [2.45, 2.75) is 33.2 Å². The average Bonchev–Trinajstić information content (AvgIpc) is 2.25. The summed E-state index contributed by atoms with van der Waals surface area (Å²) in [4.78, 5) is 6.51. The van der Waals surface area contributed by atoms with Crippen molar-refractivity contribution in [1.29, 1.82) is 0 Å². The SMILES string of the molecule is Cc1ccnc(N(C)CCC(N)C(C)C)c1. The monoisotopic (exact) mass is 221 g/mol. The van der Waals surface area contributed by atoms with E-state index in [0.717, 1.165) is 18.8 Å². The number of nitrogens with two attached hydrogens (primary N) is 1. The fraction of sp³-hybridized carbons (Fsp3) is 0.615. The van der Waals surface area contributed by atoms with Gasteiger partial charge in [0, 0.05) is 25.8 Å². The highest BCUT2D eigenvalue weighted by Gasteiger charge is 2.09. The van der Waals surface area contributed by atoms with E-state index in [4.69, 9.17) is 5.73 Å². The predicted octanol–water partition coefficient (Wildman–Crippen LogP) is 2.20. The van der Waals surface area contributed by atoms with Gasteiger partial charge in [-0.25, -0.2) is 4.98 Å². The Kier molecular flexibility index (Phi) is 4.74. The Labute approximate surface area is 98.7 Å². The zero-order chi connectivity index (χ0) is 12.1. The zero-order valence-electron chi connectivity index (χ0n) is 10.8. The molecule has 2 N–H and O–H groups in total. The number of anilines is 1. The Morgan fingerprint density at radius 1 is 1.44 bits per heavy atom. The molecule has 0 spiro atoms. The lowest BCUT2D eigenvalue weighted by atomic mass is 10.0. The molecule has 16 heavy (non-hydrogen) atoms. The van der Waals surface area contributed by atoms with Crippen LogP contribution in [0.4, 0.5) is 5.82 Å². The maximum absolute atomic E-state index is 6.03. The minimum absolute atomic E-state index is 0.271. The van der Waals surface area contributed by atoms with Crippen molar-refractivity contribution in [3.8, 4) is 0 Å². The fourth-order valence-electron chi connectivity index (χ4n) is 1.52. The largest absolute Gasteiger partial charge is 0.360 e. The second-order valence-corrected chi connectivity index (χ2v) is 4.81. The van der Waals surface area contributed by atoms with Gasteiger partial charge in [-0.15, -0.1) is 0 Å². The van der Waals surface area contributed by atoms with Crippen LogP contribution in [0, 0.1) is 12.8 Å².